The lowest BCUT2D eigenvalue weighted by atomic mass is 10.1. The monoisotopic (exact) mass is 342 g/mol. The maximum atomic E-state index is 11.9. The fourth-order valence-corrected chi connectivity index (χ4v) is 2.11. The maximum Gasteiger partial charge on any atom is 0.260 e. The zero-order valence-corrected chi connectivity index (χ0v) is 14.2. The van der Waals surface area contributed by atoms with Gasteiger partial charge in [0.05, 0.1) is 0 Å². The summed E-state index contributed by atoms with van der Waals surface area (Å²) in [5, 5.41) is 6.03. The van der Waals surface area contributed by atoms with Crippen molar-refractivity contribution in [2.45, 2.75) is 45.9 Å². The largest absolute Gasteiger partial charge is 0.481 e. The first-order chi connectivity index (χ1) is 9.35. The summed E-state index contributed by atoms with van der Waals surface area (Å²) in [5.41, 5.74) is 1.03. The van der Waals surface area contributed by atoms with Crippen molar-refractivity contribution < 1.29 is 9.53 Å². The van der Waals surface area contributed by atoms with Crippen LogP contribution in [0.3, 0.4) is 0 Å². The zero-order chi connectivity index (χ0) is 15.3. The van der Waals surface area contributed by atoms with E-state index in [2.05, 4.69) is 33.5 Å². The molecule has 0 fully saturated rings. The van der Waals surface area contributed by atoms with E-state index in [9.17, 15) is 4.79 Å². The highest BCUT2D eigenvalue weighted by molar-refractivity contribution is 9.10. The molecule has 0 aromatic heterocycles. The number of halogens is 1. The summed E-state index contributed by atoms with van der Waals surface area (Å²) in [6, 6.07) is 6.11. The summed E-state index contributed by atoms with van der Waals surface area (Å²) in [7, 11) is 1.89. The molecular formula is C15H23BrN2O2. The summed E-state index contributed by atoms with van der Waals surface area (Å²) in [6.45, 7) is 7.66. The van der Waals surface area contributed by atoms with Gasteiger partial charge in [0, 0.05) is 22.1 Å². The topological polar surface area (TPSA) is 50.4 Å². The Kier molecular flexibility index (Phi) is 6.49. The first kappa shape index (κ1) is 17.0. The molecule has 1 aromatic rings. The van der Waals surface area contributed by atoms with Crippen molar-refractivity contribution in [3.05, 3.63) is 28.2 Å². The average Bonchev–Trinajstić information content (AvgIpc) is 2.37. The maximum absolute atomic E-state index is 11.9. The molecule has 2 unspecified atom stereocenters. The lowest BCUT2D eigenvalue weighted by Gasteiger charge is -2.21. The van der Waals surface area contributed by atoms with E-state index in [1.165, 1.54) is 0 Å². The van der Waals surface area contributed by atoms with Crippen molar-refractivity contribution >= 4 is 21.8 Å². The first-order valence-corrected chi connectivity index (χ1v) is 7.58. The highest BCUT2D eigenvalue weighted by Crippen LogP contribution is 2.29. The van der Waals surface area contributed by atoms with Crippen molar-refractivity contribution in [2.75, 3.05) is 7.05 Å². The van der Waals surface area contributed by atoms with Gasteiger partial charge in [-0.05, 0) is 46.9 Å². The molecular weight excluding hydrogens is 320 g/mol. The number of amides is 1. The highest BCUT2D eigenvalue weighted by atomic mass is 79.9. The highest BCUT2D eigenvalue weighted by Gasteiger charge is 2.18. The summed E-state index contributed by atoms with van der Waals surface area (Å²) in [6.07, 6.45) is -0.533. The molecule has 0 saturated carbocycles. The third-order valence-corrected chi connectivity index (χ3v) is 3.47. The molecule has 2 atom stereocenters. The molecule has 2 N–H and O–H groups in total. The van der Waals surface area contributed by atoms with Crippen LogP contribution in [0.4, 0.5) is 0 Å². The molecule has 4 nitrogen and oxygen atoms in total. The van der Waals surface area contributed by atoms with E-state index < -0.39 is 6.10 Å². The number of hydrogen-bond donors (Lipinski definition) is 2. The van der Waals surface area contributed by atoms with Crippen LogP contribution in [0.1, 0.15) is 39.3 Å². The number of ether oxygens (including phenoxy) is 1. The predicted octanol–water partition coefficient (Wildman–Crippen LogP) is 3.02. The van der Waals surface area contributed by atoms with Gasteiger partial charge >= 0.3 is 0 Å². The second-order valence-corrected chi connectivity index (χ2v) is 6.03. The second kappa shape index (κ2) is 7.64. The third-order valence-electron chi connectivity index (χ3n) is 2.98. The van der Waals surface area contributed by atoms with Crippen LogP contribution in [-0.2, 0) is 4.79 Å². The average molecular weight is 343 g/mol. The Morgan fingerprint density at radius 3 is 2.45 bits per heavy atom. The third kappa shape index (κ3) is 4.80. The molecule has 0 aliphatic carbocycles. The first-order valence-electron chi connectivity index (χ1n) is 6.79. The number of nitrogens with one attached hydrogen (secondary N) is 2. The Labute approximate surface area is 129 Å². The van der Waals surface area contributed by atoms with Gasteiger partial charge in [0.25, 0.3) is 5.91 Å². The van der Waals surface area contributed by atoms with E-state index in [1.807, 2.05) is 39.1 Å². The normalized spacial score (nSPS) is 13.9. The van der Waals surface area contributed by atoms with Crippen LogP contribution in [0.2, 0.25) is 0 Å². The molecule has 0 aliphatic rings. The molecule has 20 heavy (non-hydrogen) atoms. The van der Waals surface area contributed by atoms with Crippen LogP contribution in [0.25, 0.3) is 0 Å². The smallest absolute Gasteiger partial charge is 0.260 e. The van der Waals surface area contributed by atoms with Crippen molar-refractivity contribution in [2.24, 2.45) is 0 Å². The van der Waals surface area contributed by atoms with E-state index in [0.29, 0.717) is 5.75 Å². The van der Waals surface area contributed by atoms with Crippen LogP contribution < -0.4 is 15.4 Å². The second-order valence-electron chi connectivity index (χ2n) is 5.12. The molecule has 0 saturated heterocycles. The summed E-state index contributed by atoms with van der Waals surface area (Å²) in [4.78, 5) is 11.9. The Bertz CT molecular complexity index is 463. The molecule has 0 bridgehead atoms. The Morgan fingerprint density at radius 2 is 1.90 bits per heavy atom. The quantitative estimate of drug-likeness (QED) is 0.835. The lowest BCUT2D eigenvalue weighted by Crippen LogP contribution is -2.40. The minimum atomic E-state index is -0.533. The summed E-state index contributed by atoms with van der Waals surface area (Å²) >= 11 is 3.43. The van der Waals surface area contributed by atoms with Crippen LogP contribution >= 0.6 is 15.9 Å². The van der Waals surface area contributed by atoms with E-state index in [1.54, 1.807) is 6.92 Å². The van der Waals surface area contributed by atoms with Crippen molar-refractivity contribution in [1.82, 2.24) is 10.6 Å². The fourth-order valence-electron chi connectivity index (χ4n) is 1.77. The minimum absolute atomic E-state index is 0.103. The van der Waals surface area contributed by atoms with Gasteiger partial charge in [-0.15, -0.1) is 0 Å². The van der Waals surface area contributed by atoms with Crippen molar-refractivity contribution in [3.63, 3.8) is 0 Å². The van der Waals surface area contributed by atoms with E-state index in [4.69, 9.17) is 4.74 Å². The SMILES string of the molecule is CNC(C)c1ccc(Br)cc1OC(C)C(=O)NC(C)C. The van der Waals surface area contributed by atoms with Crippen LogP contribution in [-0.4, -0.2) is 25.1 Å². The van der Waals surface area contributed by atoms with E-state index in [-0.39, 0.29) is 18.0 Å². The molecule has 112 valence electrons. The van der Waals surface area contributed by atoms with Crippen molar-refractivity contribution in [3.8, 4) is 5.75 Å². The van der Waals surface area contributed by atoms with Gasteiger partial charge in [-0.25, -0.2) is 0 Å². The molecule has 1 rings (SSSR count). The predicted molar refractivity (Wildman–Crippen MR) is 85.0 cm³/mol. The van der Waals surface area contributed by atoms with Crippen LogP contribution in [0.5, 0.6) is 5.75 Å². The molecule has 0 radical (unpaired) electrons. The summed E-state index contributed by atoms with van der Waals surface area (Å²) in [5.74, 6) is 0.607. The van der Waals surface area contributed by atoms with E-state index in [0.717, 1.165) is 10.0 Å². The number of carbonyl (C=O) groups excluding carboxylic acids is 1. The zero-order valence-electron chi connectivity index (χ0n) is 12.7. The van der Waals surface area contributed by atoms with Crippen LogP contribution in [0.15, 0.2) is 22.7 Å². The Morgan fingerprint density at radius 1 is 1.25 bits per heavy atom. The number of hydrogen-bond acceptors (Lipinski definition) is 3. The molecule has 5 heteroatoms. The Hall–Kier alpha value is -1.07. The van der Waals surface area contributed by atoms with Gasteiger partial charge in [0.15, 0.2) is 6.10 Å². The lowest BCUT2D eigenvalue weighted by molar-refractivity contribution is -0.127. The molecule has 0 heterocycles. The van der Waals surface area contributed by atoms with Crippen LogP contribution in [0, 0.1) is 0 Å². The molecule has 1 amide bonds. The van der Waals surface area contributed by atoms with E-state index >= 15 is 0 Å². The number of benzene rings is 1. The molecule has 0 spiro atoms. The van der Waals surface area contributed by atoms with Gasteiger partial charge in [-0.1, -0.05) is 22.0 Å². The number of rotatable bonds is 6. The molecule has 0 aliphatic heterocycles. The standard InChI is InChI=1S/C15H23BrN2O2/c1-9(2)18-15(19)11(4)20-14-8-12(16)6-7-13(14)10(3)17-5/h6-11,17H,1-5H3,(H,18,19). The van der Waals surface area contributed by atoms with Gasteiger partial charge in [-0.3, -0.25) is 4.79 Å². The van der Waals surface area contributed by atoms with Gasteiger partial charge in [0.1, 0.15) is 5.75 Å². The molecule has 1 aromatic carbocycles. The Balaban J connectivity index is 2.90. The van der Waals surface area contributed by atoms with Gasteiger partial charge in [0.2, 0.25) is 0 Å². The van der Waals surface area contributed by atoms with Gasteiger partial charge in [-0.2, -0.15) is 0 Å². The fraction of sp³-hybridized carbons (Fsp3) is 0.533. The number of carbonyl (C=O) groups is 1. The van der Waals surface area contributed by atoms with Gasteiger partial charge < -0.3 is 15.4 Å². The minimum Gasteiger partial charge on any atom is -0.481 e. The summed E-state index contributed by atoms with van der Waals surface area (Å²) < 4.78 is 6.76. The van der Waals surface area contributed by atoms with Crippen molar-refractivity contribution in [1.29, 1.82) is 0 Å².